The van der Waals surface area contributed by atoms with E-state index in [-0.39, 0.29) is 36.6 Å². The zero-order chi connectivity index (χ0) is 13.6. The number of amides is 1. The third kappa shape index (κ3) is 9.63. The maximum absolute atomic E-state index is 12.2. The van der Waals surface area contributed by atoms with Gasteiger partial charge in [0, 0.05) is 26.1 Å². The monoisotopic (exact) mass is 339 g/mol. The molecule has 1 saturated heterocycles. The zero-order valence-electron chi connectivity index (χ0n) is 11.3. The summed E-state index contributed by atoms with van der Waals surface area (Å²) in [5, 5.41) is 5.62. The molecule has 1 aliphatic rings. The van der Waals surface area contributed by atoms with E-state index >= 15 is 0 Å². The summed E-state index contributed by atoms with van der Waals surface area (Å²) in [6, 6.07) is 0. The van der Waals surface area contributed by atoms with E-state index in [9.17, 15) is 18.0 Å². The number of carbonyl (C=O) groups excluding carboxylic acids is 1. The van der Waals surface area contributed by atoms with Gasteiger partial charge < -0.3 is 10.6 Å². The predicted molar refractivity (Wildman–Crippen MR) is 76.7 cm³/mol. The first-order chi connectivity index (χ1) is 8.40. The molecule has 122 valence electrons. The van der Waals surface area contributed by atoms with Gasteiger partial charge in [0.2, 0.25) is 5.91 Å². The molecule has 1 rings (SSSR count). The minimum atomic E-state index is -4.13. The highest BCUT2D eigenvalue weighted by Gasteiger charge is 2.34. The minimum Gasteiger partial charge on any atom is -0.356 e. The van der Waals surface area contributed by atoms with Crippen molar-refractivity contribution in [2.24, 2.45) is 5.92 Å². The molecular weight excluding hydrogens is 318 g/mol. The highest BCUT2D eigenvalue weighted by molar-refractivity contribution is 5.85. The van der Waals surface area contributed by atoms with Crippen LogP contribution in [0, 0.1) is 5.92 Å². The average Bonchev–Trinajstić information content (AvgIpc) is 2.68. The Balaban J connectivity index is 0. The molecule has 0 bridgehead atoms. The van der Waals surface area contributed by atoms with E-state index in [0.29, 0.717) is 39.0 Å². The lowest BCUT2D eigenvalue weighted by atomic mass is 10.1. The number of nitrogens with one attached hydrogen (secondary N) is 2. The van der Waals surface area contributed by atoms with Crippen LogP contribution < -0.4 is 10.6 Å². The Hall–Kier alpha value is -0.240. The van der Waals surface area contributed by atoms with Crippen LogP contribution in [0.3, 0.4) is 0 Å². The summed E-state index contributed by atoms with van der Waals surface area (Å²) >= 11 is 0. The van der Waals surface area contributed by atoms with E-state index in [1.54, 1.807) is 7.05 Å². The van der Waals surface area contributed by atoms with Gasteiger partial charge in [0.05, 0.1) is 6.54 Å². The second kappa shape index (κ2) is 10.5. The van der Waals surface area contributed by atoms with Crippen molar-refractivity contribution in [3.05, 3.63) is 0 Å². The molecule has 0 aromatic carbocycles. The molecule has 0 aromatic heterocycles. The Morgan fingerprint density at radius 2 is 2.00 bits per heavy atom. The van der Waals surface area contributed by atoms with Crippen LogP contribution in [0.5, 0.6) is 0 Å². The molecule has 4 nitrogen and oxygen atoms in total. The van der Waals surface area contributed by atoms with E-state index in [0.717, 1.165) is 0 Å². The largest absolute Gasteiger partial charge is 0.401 e. The second-order valence-electron chi connectivity index (χ2n) is 4.66. The van der Waals surface area contributed by atoms with Crippen molar-refractivity contribution in [3.63, 3.8) is 0 Å². The molecule has 1 amide bonds. The Labute approximate surface area is 129 Å². The van der Waals surface area contributed by atoms with Crippen molar-refractivity contribution >= 4 is 30.7 Å². The summed E-state index contributed by atoms with van der Waals surface area (Å²) in [5.41, 5.74) is 0. The molecule has 1 aliphatic heterocycles. The molecule has 1 unspecified atom stereocenters. The normalized spacial score (nSPS) is 19.1. The fraction of sp³-hybridized carbons (Fsp3) is 0.909. The molecule has 20 heavy (non-hydrogen) atoms. The minimum absolute atomic E-state index is 0. The maximum atomic E-state index is 12.2. The molecular formula is C11H22Cl2F3N3O. The molecule has 9 heteroatoms. The van der Waals surface area contributed by atoms with Gasteiger partial charge >= 0.3 is 6.18 Å². The molecule has 0 aromatic rings. The lowest BCUT2D eigenvalue weighted by Crippen LogP contribution is -2.35. The molecule has 1 atom stereocenters. The van der Waals surface area contributed by atoms with E-state index in [1.165, 1.54) is 4.90 Å². The van der Waals surface area contributed by atoms with Gasteiger partial charge in [0.1, 0.15) is 0 Å². The van der Waals surface area contributed by atoms with Crippen LogP contribution >= 0.6 is 24.8 Å². The number of alkyl halides is 3. The smallest absolute Gasteiger partial charge is 0.356 e. The lowest BCUT2D eigenvalue weighted by Gasteiger charge is -2.18. The van der Waals surface area contributed by atoms with Crippen LogP contribution in [-0.2, 0) is 4.79 Å². The summed E-state index contributed by atoms with van der Waals surface area (Å²) in [6.45, 7) is 1.09. The highest BCUT2D eigenvalue weighted by Crippen LogP contribution is 2.22. The van der Waals surface area contributed by atoms with Gasteiger partial charge in [-0.3, -0.25) is 9.69 Å². The number of nitrogens with zero attached hydrogens (tertiary/aromatic N) is 1. The van der Waals surface area contributed by atoms with Crippen LogP contribution in [-0.4, -0.2) is 56.8 Å². The first kappa shape index (κ1) is 22.0. The average molecular weight is 340 g/mol. The number of rotatable bonds is 6. The van der Waals surface area contributed by atoms with Gasteiger partial charge in [-0.25, -0.2) is 0 Å². The van der Waals surface area contributed by atoms with Crippen LogP contribution in [0.4, 0.5) is 13.2 Å². The highest BCUT2D eigenvalue weighted by atomic mass is 35.5. The number of halogens is 5. The van der Waals surface area contributed by atoms with Crippen molar-refractivity contribution in [1.29, 1.82) is 0 Å². The third-order valence-corrected chi connectivity index (χ3v) is 2.96. The van der Waals surface area contributed by atoms with Gasteiger partial charge in [-0.15, -0.1) is 24.8 Å². The molecule has 2 N–H and O–H groups in total. The van der Waals surface area contributed by atoms with Crippen molar-refractivity contribution in [1.82, 2.24) is 15.5 Å². The Kier molecular flexibility index (Phi) is 11.6. The van der Waals surface area contributed by atoms with Crippen LogP contribution in [0.15, 0.2) is 0 Å². The first-order valence-corrected chi connectivity index (χ1v) is 6.11. The molecule has 0 radical (unpaired) electrons. The maximum Gasteiger partial charge on any atom is 0.401 e. The standard InChI is InChI=1S/C11H20F3N3O.2ClH/c1-15-4-2-10(18)16-6-9-3-5-17(7-9)8-11(12,13)14;;/h9,15H,2-8H2,1H3,(H,16,18);2*1H. The zero-order valence-corrected chi connectivity index (χ0v) is 13.0. The topological polar surface area (TPSA) is 44.4 Å². The third-order valence-electron chi connectivity index (χ3n) is 2.96. The van der Waals surface area contributed by atoms with Crippen molar-refractivity contribution < 1.29 is 18.0 Å². The number of carbonyl (C=O) groups is 1. The van der Waals surface area contributed by atoms with Gasteiger partial charge in [-0.1, -0.05) is 0 Å². The molecule has 1 heterocycles. The van der Waals surface area contributed by atoms with E-state index in [2.05, 4.69) is 10.6 Å². The molecule has 0 saturated carbocycles. The van der Waals surface area contributed by atoms with Gasteiger partial charge in [-0.05, 0) is 25.9 Å². The van der Waals surface area contributed by atoms with E-state index < -0.39 is 12.7 Å². The fourth-order valence-electron chi connectivity index (χ4n) is 2.06. The van der Waals surface area contributed by atoms with Crippen molar-refractivity contribution in [3.8, 4) is 0 Å². The number of hydrogen-bond acceptors (Lipinski definition) is 3. The first-order valence-electron chi connectivity index (χ1n) is 6.11. The van der Waals surface area contributed by atoms with E-state index in [1.807, 2.05) is 0 Å². The van der Waals surface area contributed by atoms with Crippen molar-refractivity contribution in [2.45, 2.75) is 19.0 Å². The van der Waals surface area contributed by atoms with Gasteiger partial charge in [0.25, 0.3) is 0 Å². The SMILES string of the molecule is CNCCC(=O)NCC1CCN(CC(F)(F)F)C1.Cl.Cl. The van der Waals surface area contributed by atoms with Crippen LogP contribution in [0.2, 0.25) is 0 Å². The van der Waals surface area contributed by atoms with Crippen LogP contribution in [0.1, 0.15) is 12.8 Å². The van der Waals surface area contributed by atoms with Crippen molar-refractivity contribution in [2.75, 3.05) is 39.8 Å². The Morgan fingerprint density at radius 3 is 2.55 bits per heavy atom. The molecule has 0 spiro atoms. The summed E-state index contributed by atoms with van der Waals surface area (Å²) in [4.78, 5) is 12.7. The van der Waals surface area contributed by atoms with E-state index in [4.69, 9.17) is 0 Å². The van der Waals surface area contributed by atoms with Gasteiger partial charge in [-0.2, -0.15) is 13.2 Å². The Morgan fingerprint density at radius 1 is 1.35 bits per heavy atom. The summed E-state index contributed by atoms with van der Waals surface area (Å²) in [5.74, 6) is 0.0736. The summed E-state index contributed by atoms with van der Waals surface area (Å²) < 4.78 is 36.5. The number of likely N-dealkylation sites (tertiary alicyclic amines) is 1. The lowest BCUT2D eigenvalue weighted by molar-refractivity contribution is -0.143. The van der Waals surface area contributed by atoms with Gasteiger partial charge in [0.15, 0.2) is 0 Å². The molecule has 0 aliphatic carbocycles. The quantitative estimate of drug-likeness (QED) is 0.769. The Bertz CT molecular complexity index is 280. The molecule has 1 fully saturated rings. The van der Waals surface area contributed by atoms with Crippen LogP contribution in [0.25, 0.3) is 0 Å². The predicted octanol–water partition coefficient (Wildman–Crippen LogP) is 1.44. The summed E-state index contributed by atoms with van der Waals surface area (Å²) in [7, 11) is 1.76. The number of hydrogen-bond donors (Lipinski definition) is 2. The summed E-state index contributed by atoms with van der Waals surface area (Å²) in [6.07, 6.45) is -3.02. The second-order valence-corrected chi connectivity index (χ2v) is 4.66. The fourth-order valence-corrected chi connectivity index (χ4v) is 2.06.